The first-order valence-electron chi connectivity index (χ1n) is 5.09. The van der Waals surface area contributed by atoms with Crippen molar-refractivity contribution in [3.63, 3.8) is 0 Å². The zero-order valence-electron chi connectivity index (χ0n) is 8.94. The van der Waals surface area contributed by atoms with Crippen molar-refractivity contribution in [2.24, 2.45) is 17.2 Å². The molecular formula is C10H16. The highest BCUT2D eigenvalue weighted by molar-refractivity contribution is 5.18. The Hall–Kier alpha value is -0.260. The highest BCUT2D eigenvalue weighted by Gasteiger charge is 2.57. The van der Waals surface area contributed by atoms with Gasteiger partial charge in [0.05, 0.1) is 0 Å². The maximum absolute atomic E-state index is 8.21. The van der Waals surface area contributed by atoms with Crippen LogP contribution < -0.4 is 0 Å². The van der Waals surface area contributed by atoms with Gasteiger partial charge in [-0.3, -0.25) is 0 Å². The van der Waals surface area contributed by atoms with Crippen LogP contribution in [0.15, 0.2) is 11.6 Å². The largest absolute Gasteiger partial charge is 0.0853 e. The monoisotopic (exact) mass is 138 g/mol. The predicted molar refractivity (Wildman–Crippen MR) is 43.8 cm³/mol. The molecule has 0 saturated heterocycles. The number of hydrogen-bond acceptors (Lipinski definition) is 0. The van der Waals surface area contributed by atoms with Crippen LogP contribution in [0.2, 0.25) is 0 Å². The summed E-state index contributed by atoms with van der Waals surface area (Å²) in [6.07, 6.45) is 2.87. The van der Waals surface area contributed by atoms with E-state index in [9.17, 15) is 0 Å². The molecule has 0 aliphatic heterocycles. The zero-order chi connectivity index (χ0) is 9.15. The molecule has 0 aromatic heterocycles. The van der Waals surface area contributed by atoms with E-state index >= 15 is 0 Å². The van der Waals surface area contributed by atoms with Crippen LogP contribution in [0, 0.1) is 17.2 Å². The number of fused-ring (bicyclic) bond motifs is 1. The minimum Gasteiger partial charge on any atom is -0.0853 e. The van der Waals surface area contributed by atoms with Gasteiger partial charge in [-0.05, 0) is 37.0 Å². The van der Waals surface area contributed by atoms with Crippen molar-refractivity contribution in [3.05, 3.63) is 11.6 Å². The molecule has 1 fully saturated rings. The first-order chi connectivity index (χ1) is 5.42. The third-order valence-electron chi connectivity index (χ3n) is 2.97. The Labute approximate surface area is 66.1 Å². The molecule has 0 aromatic rings. The average molecular weight is 138 g/mol. The summed E-state index contributed by atoms with van der Waals surface area (Å²) in [7, 11) is 0. The fourth-order valence-corrected chi connectivity index (χ4v) is 1.99. The summed E-state index contributed by atoms with van der Waals surface area (Å²) in [5.41, 5.74) is 1.15. The van der Waals surface area contributed by atoms with E-state index in [0.717, 1.165) is 12.0 Å². The number of hydrogen-bond donors (Lipinski definition) is 0. The Morgan fingerprint density at radius 3 is 3.10 bits per heavy atom. The fraction of sp³-hybridized carbons (Fsp3) is 0.800. The standard InChI is InChI=1S/C10H16/c1-7-4-5-8-9(6-7)10(8,2)3/h4,8-9H,5-6H2,1-3H3/i6D,9D. The Balaban J connectivity index is 2.35. The van der Waals surface area contributed by atoms with Gasteiger partial charge in [-0.15, -0.1) is 0 Å². The fourth-order valence-electron chi connectivity index (χ4n) is 1.99. The first kappa shape index (κ1) is 4.58. The van der Waals surface area contributed by atoms with E-state index in [1.807, 2.05) is 6.92 Å². The molecule has 1 saturated carbocycles. The summed E-state index contributed by atoms with van der Waals surface area (Å²) in [5.74, 6) is -0.0533. The lowest BCUT2D eigenvalue weighted by Crippen LogP contribution is -1.90. The lowest BCUT2D eigenvalue weighted by atomic mass is 10.0. The van der Waals surface area contributed by atoms with Gasteiger partial charge in [-0.1, -0.05) is 25.5 Å². The van der Waals surface area contributed by atoms with E-state index in [2.05, 4.69) is 19.9 Å². The molecule has 0 bridgehead atoms. The maximum Gasteiger partial charge on any atom is 0.0316 e. The molecule has 0 radical (unpaired) electrons. The zero-order valence-corrected chi connectivity index (χ0v) is 6.94. The molecule has 56 valence electrons. The van der Waals surface area contributed by atoms with Crippen molar-refractivity contribution in [3.8, 4) is 0 Å². The van der Waals surface area contributed by atoms with Gasteiger partial charge in [-0.2, -0.15) is 0 Å². The van der Waals surface area contributed by atoms with Gasteiger partial charge in [0.1, 0.15) is 0 Å². The number of allylic oxidation sites excluding steroid dienone is 2. The van der Waals surface area contributed by atoms with Crippen molar-refractivity contribution < 1.29 is 2.74 Å². The second kappa shape index (κ2) is 1.66. The SMILES string of the molecule is [2H]C1C(C)=CCC2C(C)(C)C12[2H]. The first-order valence-corrected chi connectivity index (χ1v) is 4.01. The van der Waals surface area contributed by atoms with Crippen molar-refractivity contribution in [1.29, 1.82) is 0 Å². The van der Waals surface area contributed by atoms with Crippen molar-refractivity contribution in [2.45, 2.75) is 33.6 Å². The van der Waals surface area contributed by atoms with Crippen molar-refractivity contribution in [2.75, 3.05) is 0 Å². The van der Waals surface area contributed by atoms with E-state index < -0.39 is 5.89 Å². The third-order valence-corrected chi connectivity index (χ3v) is 2.97. The van der Waals surface area contributed by atoms with E-state index in [-0.39, 0.29) is 11.8 Å². The van der Waals surface area contributed by atoms with Gasteiger partial charge >= 0.3 is 0 Å². The average Bonchev–Trinajstić information content (AvgIpc) is 2.42. The molecule has 0 spiro atoms. The molecule has 3 unspecified atom stereocenters. The summed E-state index contributed by atoms with van der Waals surface area (Å²) < 4.78 is 16.1. The van der Waals surface area contributed by atoms with Crippen LogP contribution in [-0.4, -0.2) is 0 Å². The molecular weight excluding hydrogens is 120 g/mol. The molecule has 2 aliphatic carbocycles. The van der Waals surface area contributed by atoms with Gasteiger partial charge in [0, 0.05) is 2.74 Å². The second-order valence-electron chi connectivity index (χ2n) is 4.06. The quantitative estimate of drug-likeness (QED) is 0.451. The van der Waals surface area contributed by atoms with Crippen LogP contribution in [0.5, 0.6) is 0 Å². The summed E-state index contributed by atoms with van der Waals surface area (Å²) >= 11 is 0. The molecule has 2 rings (SSSR count). The Kier molecular flexibility index (Phi) is 0.763. The normalized spacial score (nSPS) is 59.7. The highest BCUT2D eigenvalue weighted by atomic mass is 14.6. The van der Waals surface area contributed by atoms with E-state index in [1.165, 1.54) is 0 Å². The van der Waals surface area contributed by atoms with Crippen LogP contribution >= 0.6 is 0 Å². The summed E-state index contributed by atoms with van der Waals surface area (Å²) in [6, 6.07) is 0. The van der Waals surface area contributed by atoms with Crippen LogP contribution in [0.3, 0.4) is 0 Å². The van der Waals surface area contributed by atoms with E-state index in [0.29, 0.717) is 5.92 Å². The molecule has 0 amide bonds. The van der Waals surface area contributed by atoms with Gasteiger partial charge in [-0.25, -0.2) is 0 Å². The minimum atomic E-state index is -0.480. The number of rotatable bonds is 0. The van der Waals surface area contributed by atoms with Crippen molar-refractivity contribution in [1.82, 2.24) is 0 Å². The second-order valence-corrected chi connectivity index (χ2v) is 4.06. The Morgan fingerprint density at radius 1 is 1.80 bits per heavy atom. The minimum absolute atomic E-state index is 0.0632. The lowest BCUT2D eigenvalue weighted by Gasteiger charge is -2.05. The molecule has 10 heavy (non-hydrogen) atoms. The third kappa shape index (κ3) is 0.680. The highest BCUT2D eigenvalue weighted by Crippen LogP contribution is 2.64. The van der Waals surface area contributed by atoms with Crippen LogP contribution in [0.1, 0.15) is 36.3 Å². The van der Waals surface area contributed by atoms with E-state index in [1.54, 1.807) is 0 Å². The smallest absolute Gasteiger partial charge is 0.0316 e. The van der Waals surface area contributed by atoms with E-state index in [4.69, 9.17) is 2.74 Å². The summed E-state index contributed by atoms with van der Waals surface area (Å²) in [4.78, 5) is 0. The van der Waals surface area contributed by atoms with Gasteiger partial charge in [0.25, 0.3) is 0 Å². The molecule has 0 aromatic carbocycles. The lowest BCUT2D eigenvalue weighted by molar-refractivity contribution is 0.542. The van der Waals surface area contributed by atoms with Gasteiger partial charge < -0.3 is 0 Å². The molecule has 2 aliphatic rings. The van der Waals surface area contributed by atoms with Crippen LogP contribution in [0.25, 0.3) is 0 Å². The van der Waals surface area contributed by atoms with Gasteiger partial charge in [0.15, 0.2) is 0 Å². The molecule has 0 heterocycles. The maximum atomic E-state index is 8.21. The van der Waals surface area contributed by atoms with Crippen LogP contribution in [0.4, 0.5) is 0 Å². The topological polar surface area (TPSA) is 0 Å². The van der Waals surface area contributed by atoms with Crippen LogP contribution in [-0.2, 0) is 0 Å². The molecule has 0 N–H and O–H groups in total. The summed E-state index contributed by atoms with van der Waals surface area (Å²) in [5, 5.41) is 0. The van der Waals surface area contributed by atoms with Crippen molar-refractivity contribution >= 4 is 0 Å². The molecule has 0 heteroatoms. The Morgan fingerprint density at radius 2 is 2.50 bits per heavy atom. The summed E-state index contributed by atoms with van der Waals surface area (Å²) in [6.45, 7) is 6.23. The Bertz CT molecular complexity index is 255. The van der Waals surface area contributed by atoms with Gasteiger partial charge in [0.2, 0.25) is 0 Å². The molecule has 0 nitrogen and oxygen atoms in total. The predicted octanol–water partition coefficient (Wildman–Crippen LogP) is 3.00. The molecule has 3 atom stereocenters.